The zero-order valence-electron chi connectivity index (χ0n) is 17.7. The van der Waals surface area contributed by atoms with Crippen molar-refractivity contribution < 1.29 is 14.3 Å². The lowest BCUT2D eigenvalue weighted by Gasteiger charge is -2.28. The van der Waals surface area contributed by atoms with Crippen LogP contribution in [-0.2, 0) is 24.4 Å². The number of amides is 1. The van der Waals surface area contributed by atoms with E-state index >= 15 is 0 Å². The first-order chi connectivity index (χ1) is 14.6. The van der Waals surface area contributed by atoms with Crippen molar-refractivity contribution in [3.63, 3.8) is 0 Å². The molecule has 6 heteroatoms. The molecular formula is C24H28N2O3S. The van der Waals surface area contributed by atoms with E-state index in [-0.39, 0.29) is 11.9 Å². The van der Waals surface area contributed by atoms with Gasteiger partial charge in [0.25, 0.3) is 0 Å². The van der Waals surface area contributed by atoms with Crippen LogP contribution in [0, 0.1) is 0 Å². The zero-order valence-corrected chi connectivity index (χ0v) is 18.5. The van der Waals surface area contributed by atoms with Crippen molar-refractivity contribution in [2.75, 3.05) is 7.11 Å². The second-order valence-corrected chi connectivity index (χ2v) is 8.06. The predicted octanol–water partition coefficient (Wildman–Crippen LogP) is 5.10. The van der Waals surface area contributed by atoms with E-state index in [1.807, 2.05) is 64.9 Å². The number of rotatable bonds is 10. The molecule has 0 saturated heterocycles. The van der Waals surface area contributed by atoms with Crippen LogP contribution in [0.2, 0.25) is 0 Å². The number of carbonyl (C=O) groups is 1. The minimum Gasteiger partial charge on any atom is -0.493 e. The summed E-state index contributed by atoms with van der Waals surface area (Å²) >= 11 is 1.54. The molecule has 0 fully saturated rings. The molecule has 2 aromatic carbocycles. The van der Waals surface area contributed by atoms with Gasteiger partial charge in [-0.3, -0.25) is 4.79 Å². The lowest BCUT2D eigenvalue weighted by molar-refractivity contribution is -0.133. The summed E-state index contributed by atoms with van der Waals surface area (Å²) in [6.07, 6.45) is 1.30. The average molecular weight is 425 g/mol. The summed E-state index contributed by atoms with van der Waals surface area (Å²) in [6, 6.07) is 17.6. The van der Waals surface area contributed by atoms with E-state index in [9.17, 15) is 4.79 Å². The Kier molecular flexibility index (Phi) is 7.85. The maximum absolute atomic E-state index is 13.0. The molecule has 0 unspecified atom stereocenters. The number of aromatic nitrogens is 1. The Bertz CT molecular complexity index is 942. The third kappa shape index (κ3) is 5.83. The topological polar surface area (TPSA) is 51.7 Å². The Hall–Kier alpha value is -2.86. The third-order valence-electron chi connectivity index (χ3n) is 4.99. The van der Waals surface area contributed by atoms with Crippen LogP contribution in [0.25, 0.3) is 0 Å². The van der Waals surface area contributed by atoms with Gasteiger partial charge in [0, 0.05) is 11.4 Å². The average Bonchev–Trinajstić information content (AvgIpc) is 3.23. The van der Waals surface area contributed by atoms with Gasteiger partial charge in [0.1, 0.15) is 11.6 Å². The summed E-state index contributed by atoms with van der Waals surface area (Å²) in [7, 11) is 1.62. The minimum atomic E-state index is 0.121. The summed E-state index contributed by atoms with van der Waals surface area (Å²) in [5, 5.41) is 2.88. The Morgan fingerprint density at radius 1 is 1.10 bits per heavy atom. The molecule has 0 spiro atoms. The van der Waals surface area contributed by atoms with E-state index in [4.69, 9.17) is 9.47 Å². The maximum atomic E-state index is 13.0. The second kappa shape index (κ2) is 10.8. The Morgan fingerprint density at radius 3 is 2.50 bits per heavy atom. The van der Waals surface area contributed by atoms with E-state index in [0.29, 0.717) is 31.1 Å². The van der Waals surface area contributed by atoms with Gasteiger partial charge in [-0.05, 0) is 31.0 Å². The molecule has 0 N–H and O–H groups in total. The predicted molar refractivity (Wildman–Crippen MR) is 120 cm³/mol. The highest BCUT2D eigenvalue weighted by Crippen LogP contribution is 2.27. The van der Waals surface area contributed by atoms with Crippen LogP contribution in [0.3, 0.4) is 0 Å². The van der Waals surface area contributed by atoms with Crippen LogP contribution in [0.15, 0.2) is 60.0 Å². The van der Waals surface area contributed by atoms with E-state index < -0.39 is 0 Å². The third-order valence-corrected chi connectivity index (χ3v) is 5.86. The monoisotopic (exact) mass is 424 g/mol. The van der Waals surface area contributed by atoms with Crippen LogP contribution in [0.1, 0.15) is 36.5 Å². The molecule has 1 heterocycles. The number of hydrogen-bond acceptors (Lipinski definition) is 5. The molecular weight excluding hydrogens is 396 g/mol. The van der Waals surface area contributed by atoms with Crippen LogP contribution < -0.4 is 9.47 Å². The van der Waals surface area contributed by atoms with Crippen LogP contribution >= 0.6 is 11.3 Å². The van der Waals surface area contributed by atoms with E-state index in [2.05, 4.69) is 18.8 Å². The van der Waals surface area contributed by atoms with Crippen LogP contribution in [0.4, 0.5) is 0 Å². The zero-order chi connectivity index (χ0) is 21.3. The number of nitrogens with zero attached hydrogens (tertiary/aromatic N) is 2. The van der Waals surface area contributed by atoms with Crippen molar-refractivity contribution in [1.29, 1.82) is 0 Å². The standard InChI is InChI=1S/C24H28N2O3S/c1-4-18(2)26(24(27)14-19-10-6-5-7-11-19)15-20-17-30-23(25-20)16-29-22-13-9-8-12-21(22)28-3/h5-13,17-18H,4,14-16H2,1-3H3/t18-/m0/s1. The number of carbonyl (C=O) groups excluding carboxylic acids is 1. The van der Waals surface area contributed by atoms with Crippen molar-refractivity contribution in [3.05, 3.63) is 76.2 Å². The number of hydrogen-bond donors (Lipinski definition) is 0. The fourth-order valence-electron chi connectivity index (χ4n) is 3.12. The summed E-state index contributed by atoms with van der Waals surface area (Å²) < 4.78 is 11.2. The molecule has 0 radical (unpaired) electrons. The smallest absolute Gasteiger partial charge is 0.227 e. The van der Waals surface area contributed by atoms with E-state index in [1.165, 1.54) is 0 Å². The molecule has 0 aliphatic heterocycles. The molecule has 0 bridgehead atoms. The highest BCUT2D eigenvalue weighted by Gasteiger charge is 2.21. The SMILES string of the molecule is CC[C@H](C)N(Cc1csc(COc2ccccc2OC)n1)C(=O)Cc1ccccc1. The summed E-state index contributed by atoms with van der Waals surface area (Å²) in [5.41, 5.74) is 1.92. The van der Waals surface area contributed by atoms with E-state index in [1.54, 1.807) is 18.4 Å². The highest BCUT2D eigenvalue weighted by atomic mass is 32.1. The van der Waals surface area contributed by atoms with E-state index in [0.717, 1.165) is 22.7 Å². The number of methoxy groups -OCH3 is 1. The number of para-hydroxylation sites is 2. The van der Waals surface area contributed by atoms with Gasteiger partial charge < -0.3 is 14.4 Å². The summed E-state index contributed by atoms with van der Waals surface area (Å²) in [6.45, 7) is 5.06. The fraction of sp³-hybridized carbons (Fsp3) is 0.333. The molecule has 0 aliphatic rings. The number of ether oxygens (including phenoxy) is 2. The molecule has 1 atom stereocenters. The summed E-state index contributed by atoms with van der Waals surface area (Å²) in [4.78, 5) is 19.6. The van der Waals surface area contributed by atoms with Crippen LogP contribution in [0.5, 0.6) is 11.5 Å². The van der Waals surface area contributed by atoms with Gasteiger partial charge in [-0.2, -0.15) is 0 Å². The normalized spacial score (nSPS) is 11.7. The van der Waals surface area contributed by atoms with Crippen molar-refractivity contribution in [2.24, 2.45) is 0 Å². The first-order valence-corrected chi connectivity index (χ1v) is 11.0. The second-order valence-electron chi connectivity index (χ2n) is 7.11. The Balaban J connectivity index is 1.64. The molecule has 5 nitrogen and oxygen atoms in total. The highest BCUT2D eigenvalue weighted by molar-refractivity contribution is 7.09. The molecule has 3 rings (SSSR count). The molecule has 158 valence electrons. The van der Waals surface area contributed by atoms with Crippen molar-refractivity contribution in [1.82, 2.24) is 9.88 Å². The first kappa shape index (κ1) is 21.8. The lowest BCUT2D eigenvalue weighted by Crippen LogP contribution is -2.38. The van der Waals surface area contributed by atoms with Gasteiger partial charge in [-0.15, -0.1) is 11.3 Å². The minimum absolute atomic E-state index is 0.121. The first-order valence-electron chi connectivity index (χ1n) is 10.1. The number of benzene rings is 2. The van der Waals surface area contributed by atoms with Crippen molar-refractivity contribution >= 4 is 17.2 Å². The molecule has 0 aliphatic carbocycles. The fourth-order valence-corrected chi connectivity index (χ4v) is 3.82. The molecule has 0 saturated carbocycles. The Morgan fingerprint density at radius 2 is 1.80 bits per heavy atom. The molecule has 1 amide bonds. The lowest BCUT2D eigenvalue weighted by atomic mass is 10.1. The van der Waals surface area contributed by atoms with Crippen molar-refractivity contribution in [3.8, 4) is 11.5 Å². The van der Waals surface area contributed by atoms with Gasteiger partial charge in [0.05, 0.1) is 25.8 Å². The quantitative estimate of drug-likeness (QED) is 0.454. The molecule has 30 heavy (non-hydrogen) atoms. The van der Waals surface area contributed by atoms with Crippen LogP contribution in [-0.4, -0.2) is 28.9 Å². The number of thiazole rings is 1. The van der Waals surface area contributed by atoms with Gasteiger partial charge in [0.2, 0.25) is 5.91 Å². The van der Waals surface area contributed by atoms with Crippen molar-refractivity contribution in [2.45, 2.75) is 45.9 Å². The summed E-state index contributed by atoms with van der Waals surface area (Å²) in [5.74, 6) is 1.51. The maximum Gasteiger partial charge on any atom is 0.227 e. The largest absolute Gasteiger partial charge is 0.493 e. The van der Waals surface area contributed by atoms with Gasteiger partial charge in [-0.25, -0.2) is 4.98 Å². The van der Waals surface area contributed by atoms with Gasteiger partial charge in [0.15, 0.2) is 11.5 Å². The molecule has 1 aromatic heterocycles. The van der Waals surface area contributed by atoms with Gasteiger partial charge in [-0.1, -0.05) is 49.4 Å². The Labute approximate surface area is 182 Å². The van der Waals surface area contributed by atoms with Gasteiger partial charge >= 0.3 is 0 Å². The molecule has 3 aromatic rings.